The van der Waals surface area contributed by atoms with Crippen LogP contribution in [0.15, 0.2) is 36.4 Å². The van der Waals surface area contributed by atoms with Gasteiger partial charge in [-0.3, -0.25) is 14.4 Å². The molecule has 0 bridgehead atoms. The van der Waals surface area contributed by atoms with Crippen molar-refractivity contribution in [3.8, 4) is 0 Å². The molecular weight excluding hydrogens is 520 g/mol. The van der Waals surface area contributed by atoms with Gasteiger partial charge in [0.25, 0.3) is 5.91 Å². The first kappa shape index (κ1) is 28.9. The van der Waals surface area contributed by atoms with Crippen LogP contribution in [-0.2, 0) is 19.1 Å². The predicted octanol–water partition coefficient (Wildman–Crippen LogP) is 4.56. The number of nitrogens with one attached hydrogen (secondary N) is 3. The number of hydrogen-bond donors (Lipinski definition) is 3. The molecular formula is C29H39ClN4O5. The topological polar surface area (TPSA) is 117 Å². The van der Waals surface area contributed by atoms with Gasteiger partial charge in [0.05, 0.1) is 10.7 Å². The molecule has 39 heavy (non-hydrogen) atoms. The Hall–Kier alpha value is -3.07. The van der Waals surface area contributed by atoms with Gasteiger partial charge in [0.2, 0.25) is 11.8 Å². The molecule has 212 valence electrons. The zero-order valence-corrected chi connectivity index (χ0v) is 23.7. The fourth-order valence-corrected chi connectivity index (χ4v) is 5.52. The minimum absolute atomic E-state index is 0.152. The molecule has 4 atom stereocenters. The number of fused-ring (bicyclic) bond motifs is 2. The molecule has 0 aromatic heterocycles. The molecule has 4 rings (SSSR count). The summed E-state index contributed by atoms with van der Waals surface area (Å²) in [5.74, 6) is -1.14. The fourth-order valence-electron chi connectivity index (χ4n) is 5.34. The lowest BCUT2D eigenvalue weighted by Gasteiger charge is -2.30. The monoisotopic (exact) mass is 558 g/mol. The molecule has 9 nitrogen and oxygen atoms in total. The van der Waals surface area contributed by atoms with E-state index in [-0.39, 0.29) is 23.6 Å². The molecule has 2 fully saturated rings. The Balaban J connectivity index is 1.55. The summed E-state index contributed by atoms with van der Waals surface area (Å²) < 4.78 is 5.40. The predicted molar refractivity (Wildman–Crippen MR) is 149 cm³/mol. The highest BCUT2D eigenvalue weighted by Gasteiger charge is 2.60. The van der Waals surface area contributed by atoms with Crippen LogP contribution in [0.25, 0.3) is 0 Å². The minimum atomic E-state index is -1.11. The highest BCUT2D eigenvalue weighted by molar-refractivity contribution is 6.33. The molecule has 1 aromatic carbocycles. The van der Waals surface area contributed by atoms with E-state index in [1.54, 1.807) is 49.9 Å². The summed E-state index contributed by atoms with van der Waals surface area (Å²) in [7, 11) is 0. The maximum Gasteiger partial charge on any atom is 0.408 e. The smallest absolute Gasteiger partial charge is 0.408 e. The highest BCUT2D eigenvalue weighted by Crippen LogP contribution is 2.46. The SMILES string of the molecule is CC(C)(C)OC(=O)N[C@H]1CCCCC/C=C\[C@@H]2C[C@@]2(C(=O)Nc2ccccc2Cl)NC(=O)[C@@H]2CCCN2C1=O. The first-order valence-electron chi connectivity index (χ1n) is 13.8. The zero-order valence-electron chi connectivity index (χ0n) is 22.9. The molecule has 4 amide bonds. The number of rotatable bonds is 3. The number of nitrogens with zero attached hydrogens (tertiary/aromatic N) is 1. The number of allylic oxidation sites excluding steroid dienone is 1. The van der Waals surface area contributed by atoms with E-state index >= 15 is 0 Å². The lowest BCUT2D eigenvalue weighted by molar-refractivity contribution is -0.141. The largest absolute Gasteiger partial charge is 0.444 e. The van der Waals surface area contributed by atoms with Gasteiger partial charge in [-0.1, -0.05) is 48.7 Å². The van der Waals surface area contributed by atoms with Crippen molar-refractivity contribution in [1.29, 1.82) is 0 Å². The van der Waals surface area contributed by atoms with E-state index in [9.17, 15) is 19.2 Å². The first-order valence-corrected chi connectivity index (χ1v) is 14.2. The van der Waals surface area contributed by atoms with Crippen LogP contribution in [0.2, 0.25) is 5.02 Å². The summed E-state index contributed by atoms with van der Waals surface area (Å²) in [6.45, 7) is 5.71. The second kappa shape index (κ2) is 12.0. The van der Waals surface area contributed by atoms with Gasteiger partial charge in [0, 0.05) is 12.5 Å². The molecule has 2 aliphatic heterocycles. The van der Waals surface area contributed by atoms with Crippen molar-refractivity contribution in [3.05, 3.63) is 41.4 Å². The average Bonchev–Trinajstić information content (AvgIpc) is 3.32. The van der Waals surface area contributed by atoms with E-state index in [0.29, 0.717) is 42.9 Å². The summed E-state index contributed by atoms with van der Waals surface area (Å²) >= 11 is 6.26. The summed E-state index contributed by atoms with van der Waals surface area (Å²) in [6, 6.07) is 5.45. The molecule has 2 heterocycles. The number of para-hydroxylation sites is 1. The fraction of sp³-hybridized carbons (Fsp3) is 0.586. The van der Waals surface area contributed by atoms with Gasteiger partial charge in [-0.25, -0.2) is 4.79 Å². The number of halogens is 1. The third-order valence-electron chi connectivity index (χ3n) is 7.45. The van der Waals surface area contributed by atoms with Crippen molar-refractivity contribution in [3.63, 3.8) is 0 Å². The standard InChI is InChI=1S/C29H39ClN4O5/c1-28(2,3)39-27(38)32-22-15-8-6-4-5-7-12-19-18-29(19,26(37)31-21-14-10-9-13-20(21)30)33-24(35)23-16-11-17-34(23)25(22)36/h7,9-10,12-14,19,22-23H,4-6,8,11,15-18H2,1-3H3,(H,31,37)(H,32,38)(H,33,35)/b12-7-/t19-,22+,23+,29-/m1/s1. The van der Waals surface area contributed by atoms with E-state index < -0.39 is 29.3 Å². The van der Waals surface area contributed by atoms with E-state index in [0.717, 1.165) is 25.7 Å². The number of hydrogen-bond acceptors (Lipinski definition) is 5. The van der Waals surface area contributed by atoms with E-state index in [2.05, 4.69) is 22.0 Å². The Bertz CT molecular complexity index is 1130. The number of anilines is 1. The summed E-state index contributed by atoms with van der Waals surface area (Å²) in [5, 5.41) is 9.04. The lowest BCUT2D eigenvalue weighted by atomic mass is 10.0. The summed E-state index contributed by atoms with van der Waals surface area (Å²) in [4.78, 5) is 54.9. The van der Waals surface area contributed by atoms with Crippen molar-refractivity contribution in [1.82, 2.24) is 15.5 Å². The molecule has 1 saturated heterocycles. The Morgan fingerprint density at radius 1 is 1.10 bits per heavy atom. The first-order chi connectivity index (χ1) is 18.5. The molecule has 0 spiro atoms. The maximum absolute atomic E-state index is 13.7. The molecule has 1 aliphatic carbocycles. The number of ether oxygens (including phenoxy) is 1. The average molecular weight is 559 g/mol. The normalized spacial score (nSPS) is 28.6. The van der Waals surface area contributed by atoms with Crippen LogP contribution >= 0.6 is 11.6 Å². The van der Waals surface area contributed by atoms with Crippen molar-refractivity contribution in [2.45, 2.75) is 95.4 Å². The molecule has 1 saturated carbocycles. The van der Waals surface area contributed by atoms with Crippen LogP contribution in [0, 0.1) is 5.92 Å². The minimum Gasteiger partial charge on any atom is -0.444 e. The maximum atomic E-state index is 13.7. The van der Waals surface area contributed by atoms with E-state index in [1.807, 2.05) is 6.08 Å². The second-order valence-electron chi connectivity index (χ2n) is 11.7. The van der Waals surface area contributed by atoms with Gasteiger partial charge in [0.15, 0.2) is 0 Å². The number of benzene rings is 1. The molecule has 10 heteroatoms. The second-order valence-corrected chi connectivity index (χ2v) is 12.1. The number of carbonyl (C=O) groups excluding carboxylic acids is 4. The van der Waals surface area contributed by atoms with Gasteiger partial charge in [-0.05, 0) is 71.4 Å². The van der Waals surface area contributed by atoms with Crippen LogP contribution < -0.4 is 16.0 Å². The van der Waals surface area contributed by atoms with Gasteiger partial charge in [-0.15, -0.1) is 0 Å². The van der Waals surface area contributed by atoms with Crippen molar-refractivity contribution in [2.24, 2.45) is 5.92 Å². The Kier molecular flexibility index (Phi) is 8.89. The molecule has 1 aromatic rings. The van der Waals surface area contributed by atoms with Gasteiger partial charge in [0.1, 0.15) is 23.2 Å². The van der Waals surface area contributed by atoms with Crippen LogP contribution in [-0.4, -0.2) is 58.5 Å². The highest BCUT2D eigenvalue weighted by atomic mass is 35.5. The Morgan fingerprint density at radius 3 is 2.62 bits per heavy atom. The van der Waals surface area contributed by atoms with E-state index in [1.165, 1.54) is 0 Å². The van der Waals surface area contributed by atoms with Gasteiger partial charge < -0.3 is 25.6 Å². The third-order valence-corrected chi connectivity index (χ3v) is 7.78. The van der Waals surface area contributed by atoms with Crippen molar-refractivity contribution < 1.29 is 23.9 Å². The number of carbonyl (C=O) groups is 4. The zero-order chi connectivity index (χ0) is 28.2. The lowest BCUT2D eigenvalue weighted by Crippen LogP contribution is -2.57. The van der Waals surface area contributed by atoms with Crippen molar-refractivity contribution in [2.75, 3.05) is 11.9 Å². The van der Waals surface area contributed by atoms with Crippen LogP contribution in [0.1, 0.15) is 72.1 Å². The number of alkyl carbamates (subject to hydrolysis) is 1. The quantitative estimate of drug-likeness (QED) is 0.470. The molecule has 3 N–H and O–H groups in total. The van der Waals surface area contributed by atoms with Crippen LogP contribution in [0.3, 0.4) is 0 Å². The van der Waals surface area contributed by atoms with Crippen LogP contribution in [0.5, 0.6) is 0 Å². The van der Waals surface area contributed by atoms with Gasteiger partial charge >= 0.3 is 6.09 Å². The molecule has 0 radical (unpaired) electrons. The van der Waals surface area contributed by atoms with Crippen molar-refractivity contribution >= 4 is 41.1 Å². The molecule has 3 aliphatic rings. The van der Waals surface area contributed by atoms with Crippen LogP contribution in [0.4, 0.5) is 10.5 Å². The summed E-state index contributed by atoms with van der Waals surface area (Å²) in [5.41, 5.74) is -1.33. The number of amides is 4. The Labute approximate surface area is 235 Å². The summed E-state index contributed by atoms with van der Waals surface area (Å²) in [6.07, 6.45) is 8.84. The van der Waals surface area contributed by atoms with Gasteiger partial charge in [-0.2, -0.15) is 0 Å². The Morgan fingerprint density at radius 2 is 1.87 bits per heavy atom. The molecule has 0 unspecified atom stereocenters. The third kappa shape index (κ3) is 7.12. The van der Waals surface area contributed by atoms with E-state index in [4.69, 9.17) is 16.3 Å².